The smallest absolute Gasteiger partial charge is 0.0188 e. The van der Waals surface area contributed by atoms with Gasteiger partial charge in [-0.3, -0.25) is 0 Å². The van der Waals surface area contributed by atoms with Crippen LogP contribution in [0.2, 0.25) is 0 Å². The Bertz CT molecular complexity index is 868. The number of hydrogen-bond donors (Lipinski definition) is 0. The summed E-state index contributed by atoms with van der Waals surface area (Å²) in [6, 6.07) is 23.9. The molecule has 2 heteroatoms. The van der Waals surface area contributed by atoms with Crippen LogP contribution in [-0.2, 0) is 48.7 Å². The van der Waals surface area contributed by atoms with Crippen molar-refractivity contribution in [3.63, 3.8) is 0 Å². The highest BCUT2D eigenvalue weighted by Gasteiger charge is 2.09. The lowest BCUT2D eigenvalue weighted by molar-refractivity contribution is 0.925. The van der Waals surface area contributed by atoms with Gasteiger partial charge in [-0.2, -0.15) is 23.5 Å². The summed E-state index contributed by atoms with van der Waals surface area (Å²) in [5.74, 6) is 4.45. The predicted molar refractivity (Wildman–Crippen MR) is 124 cm³/mol. The van der Waals surface area contributed by atoms with Crippen LogP contribution in [-0.4, -0.2) is 0 Å². The third-order valence-corrected chi connectivity index (χ3v) is 7.85. The number of thioether (sulfide) groups is 2. The second kappa shape index (κ2) is 8.39. The molecule has 0 unspecified atom stereocenters. The molecule has 0 fully saturated rings. The van der Waals surface area contributed by atoms with Crippen LogP contribution in [0.1, 0.15) is 44.5 Å². The van der Waals surface area contributed by atoms with Crippen molar-refractivity contribution in [3.8, 4) is 0 Å². The summed E-state index contributed by atoms with van der Waals surface area (Å²) in [6.07, 6.45) is 4.55. The normalized spacial score (nSPS) is 16.6. The Kier molecular flexibility index (Phi) is 5.51. The maximum absolute atomic E-state index is 2.45. The van der Waals surface area contributed by atoms with Gasteiger partial charge < -0.3 is 0 Å². The standard InChI is InChI=1S/C26H26S2/c1-2-19-4-6-21-9-23-13-24(10-21)16-28-18-26-12-22(7-5-20(3-1)8-19)11-25(14-26)17-27-15-23/h1-3,8-14H,4-7,15-18H2. The van der Waals surface area contributed by atoms with E-state index in [-0.39, 0.29) is 0 Å². The Morgan fingerprint density at radius 1 is 0.393 bits per heavy atom. The first kappa shape index (κ1) is 18.4. The second-order valence-electron chi connectivity index (χ2n) is 8.12. The summed E-state index contributed by atoms with van der Waals surface area (Å²) in [5.41, 5.74) is 11.9. The minimum absolute atomic E-state index is 1.11. The SMILES string of the molecule is c1cc2cc(c1)CCc1cc3cc(c1)CSCc1cc(cc(c1)CSC3)CC2. The molecule has 0 aromatic heterocycles. The first-order valence-corrected chi connectivity index (χ1v) is 12.6. The van der Waals surface area contributed by atoms with Gasteiger partial charge in [-0.15, -0.1) is 0 Å². The highest BCUT2D eigenvalue weighted by molar-refractivity contribution is 7.98. The van der Waals surface area contributed by atoms with Crippen LogP contribution in [0.5, 0.6) is 0 Å². The molecule has 0 amide bonds. The van der Waals surface area contributed by atoms with E-state index in [0.717, 1.165) is 48.7 Å². The number of benzene rings is 3. The van der Waals surface area contributed by atoms with Gasteiger partial charge in [0.25, 0.3) is 0 Å². The van der Waals surface area contributed by atoms with Gasteiger partial charge in [0, 0.05) is 23.0 Å². The van der Waals surface area contributed by atoms with Crippen molar-refractivity contribution in [2.75, 3.05) is 0 Å². The Morgan fingerprint density at radius 3 is 1.14 bits per heavy atom. The van der Waals surface area contributed by atoms with Crippen molar-refractivity contribution in [3.05, 3.63) is 105 Å². The Hall–Kier alpha value is -1.64. The van der Waals surface area contributed by atoms with Crippen LogP contribution >= 0.6 is 23.5 Å². The molecule has 3 heterocycles. The Morgan fingerprint density at radius 2 is 0.714 bits per heavy atom. The third kappa shape index (κ3) is 4.50. The van der Waals surface area contributed by atoms with Gasteiger partial charge >= 0.3 is 0 Å². The van der Waals surface area contributed by atoms with Gasteiger partial charge in [0.1, 0.15) is 0 Å². The first-order chi connectivity index (χ1) is 13.8. The molecule has 6 rings (SSSR count). The fraction of sp³-hybridized carbons (Fsp3) is 0.308. The van der Waals surface area contributed by atoms with Crippen LogP contribution in [0.15, 0.2) is 60.7 Å². The molecular formula is C26H26S2. The zero-order chi connectivity index (χ0) is 18.8. The average molecular weight is 403 g/mol. The lowest BCUT2D eigenvalue weighted by atomic mass is 9.97. The molecule has 0 atom stereocenters. The highest BCUT2D eigenvalue weighted by Crippen LogP contribution is 2.28. The lowest BCUT2D eigenvalue weighted by Crippen LogP contribution is -2.00. The second-order valence-corrected chi connectivity index (χ2v) is 10.1. The maximum Gasteiger partial charge on any atom is 0.0188 e. The summed E-state index contributed by atoms with van der Waals surface area (Å²) in [5, 5.41) is 0. The fourth-order valence-corrected chi connectivity index (χ4v) is 6.21. The van der Waals surface area contributed by atoms with Crippen molar-refractivity contribution < 1.29 is 0 Å². The van der Waals surface area contributed by atoms with E-state index in [0.29, 0.717) is 0 Å². The van der Waals surface area contributed by atoms with Crippen molar-refractivity contribution >= 4 is 23.5 Å². The van der Waals surface area contributed by atoms with Crippen LogP contribution in [0.4, 0.5) is 0 Å². The fourth-order valence-electron chi connectivity index (χ4n) is 4.39. The van der Waals surface area contributed by atoms with Crippen molar-refractivity contribution in [2.24, 2.45) is 0 Å². The highest BCUT2D eigenvalue weighted by atomic mass is 32.2. The number of rotatable bonds is 0. The molecule has 0 saturated carbocycles. The third-order valence-electron chi connectivity index (χ3n) is 5.70. The van der Waals surface area contributed by atoms with E-state index in [4.69, 9.17) is 0 Å². The largest absolute Gasteiger partial charge is 0.152 e. The molecule has 0 radical (unpaired) electrons. The molecule has 0 saturated heterocycles. The zero-order valence-electron chi connectivity index (χ0n) is 16.2. The van der Waals surface area contributed by atoms with Gasteiger partial charge in [0.05, 0.1) is 0 Å². The summed E-state index contributed by atoms with van der Waals surface area (Å²) >= 11 is 4.12. The lowest BCUT2D eigenvalue weighted by Gasteiger charge is -2.15. The zero-order valence-corrected chi connectivity index (χ0v) is 17.9. The molecule has 0 N–H and O–H groups in total. The van der Waals surface area contributed by atoms with Crippen molar-refractivity contribution in [1.82, 2.24) is 0 Å². The quantitative estimate of drug-likeness (QED) is 0.408. The topological polar surface area (TPSA) is 0 Å². The van der Waals surface area contributed by atoms with Crippen LogP contribution in [0.3, 0.4) is 0 Å². The van der Waals surface area contributed by atoms with Crippen molar-refractivity contribution in [1.29, 1.82) is 0 Å². The van der Waals surface area contributed by atoms with Gasteiger partial charge in [0.15, 0.2) is 0 Å². The summed E-state index contributed by atoms with van der Waals surface area (Å²) < 4.78 is 0. The maximum atomic E-state index is 2.45. The average Bonchev–Trinajstić information content (AvgIpc) is 2.70. The predicted octanol–water partition coefficient (Wildman–Crippen LogP) is 6.75. The summed E-state index contributed by atoms with van der Waals surface area (Å²) in [7, 11) is 0. The Balaban J connectivity index is 1.59. The van der Waals surface area contributed by atoms with Gasteiger partial charge in [0.2, 0.25) is 0 Å². The van der Waals surface area contributed by atoms with E-state index in [9.17, 15) is 0 Å². The van der Waals surface area contributed by atoms with E-state index in [1.807, 2.05) is 0 Å². The van der Waals surface area contributed by atoms with E-state index in [2.05, 4.69) is 84.2 Å². The minimum Gasteiger partial charge on any atom is -0.152 e. The van der Waals surface area contributed by atoms with E-state index < -0.39 is 0 Å². The molecule has 3 aliphatic rings. The molecule has 0 nitrogen and oxygen atoms in total. The van der Waals surface area contributed by atoms with E-state index in [1.54, 1.807) is 0 Å². The number of hydrogen-bond acceptors (Lipinski definition) is 2. The molecule has 3 aliphatic heterocycles. The number of aryl methyl sites for hydroxylation is 4. The molecule has 0 aliphatic carbocycles. The van der Waals surface area contributed by atoms with Crippen LogP contribution in [0.25, 0.3) is 0 Å². The number of fused-ring (bicyclic) bond motifs is 6. The van der Waals surface area contributed by atoms with Crippen molar-refractivity contribution in [2.45, 2.75) is 48.7 Å². The van der Waals surface area contributed by atoms with E-state index in [1.165, 1.54) is 44.5 Å². The van der Waals surface area contributed by atoms with Gasteiger partial charge in [-0.25, -0.2) is 0 Å². The summed E-state index contributed by atoms with van der Waals surface area (Å²) in [6.45, 7) is 0. The monoisotopic (exact) mass is 402 g/mol. The molecule has 28 heavy (non-hydrogen) atoms. The molecule has 3 aromatic carbocycles. The molecule has 3 aromatic rings. The van der Waals surface area contributed by atoms with Gasteiger partial charge in [-0.05, 0) is 70.2 Å². The van der Waals surface area contributed by atoms with Crippen LogP contribution < -0.4 is 0 Å². The summed E-state index contributed by atoms with van der Waals surface area (Å²) in [4.78, 5) is 0. The van der Waals surface area contributed by atoms with E-state index >= 15 is 0 Å². The molecule has 8 bridgehead atoms. The molecule has 0 spiro atoms. The molecular weight excluding hydrogens is 376 g/mol. The minimum atomic E-state index is 1.11. The van der Waals surface area contributed by atoms with Crippen LogP contribution in [0, 0.1) is 0 Å². The first-order valence-electron chi connectivity index (χ1n) is 10.3. The Labute approximate surface area is 177 Å². The van der Waals surface area contributed by atoms with Gasteiger partial charge in [-0.1, -0.05) is 60.7 Å². The molecule has 142 valence electrons.